The van der Waals surface area contributed by atoms with Gasteiger partial charge in [0, 0.05) is 25.5 Å². The van der Waals surface area contributed by atoms with Gasteiger partial charge in [0.25, 0.3) is 5.91 Å². The van der Waals surface area contributed by atoms with Crippen LogP contribution >= 0.6 is 11.3 Å². The van der Waals surface area contributed by atoms with Gasteiger partial charge in [-0.05, 0) is 25.0 Å². The van der Waals surface area contributed by atoms with E-state index in [9.17, 15) is 4.79 Å². The Kier molecular flexibility index (Phi) is 5.60. The summed E-state index contributed by atoms with van der Waals surface area (Å²) in [5.41, 5.74) is 1.01. The number of rotatable bonds is 4. The third kappa shape index (κ3) is 4.07. The van der Waals surface area contributed by atoms with Crippen LogP contribution < -0.4 is 5.32 Å². The van der Waals surface area contributed by atoms with Gasteiger partial charge in [-0.15, -0.1) is 11.3 Å². The maximum atomic E-state index is 12.1. The Morgan fingerprint density at radius 2 is 2.50 bits per heavy atom. The average Bonchev–Trinajstić information content (AvgIpc) is 3.07. The molecule has 4 nitrogen and oxygen atoms in total. The molecular formula is C15H19NO3S. The highest BCUT2D eigenvalue weighted by Crippen LogP contribution is 2.21. The van der Waals surface area contributed by atoms with Crippen molar-refractivity contribution >= 4 is 17.2 Å². The van der Waals surface area contributed by atoms with Crippen molar-refractivity contribution in [3.8, 4) is 11.8 Å². The van der Waals surface area contributed by atoms with Gasteiger partial charge in [0.15, 0.2) is 0 Å². The van der Waals surface area contributed by atoms with E-state index >= 15 is 0 Å². The highest BCUT2D eigenvalue weighted by Gasteiger charge is 2.17. The SMILES string of the molecule is Cc1cc(C(=O)NCC2CCOC2)sc1C#CCCO. The summed E-state index contributed by atoms with van der Waals surface area (Å²) >= 11 is 1.40. The zero-order chi connectivity index (χ0) is 14.4. The fraction of sp³-hybridized carbons (Fsp3) is 0.533. The van der Waals surface area contributed by atoms with E-state index in [4.69, 9.17) is 9.84 Å². The molecule has 2 heterocycles. The van der Waals surface area contributed by atoms with E-state index in [1.807, 2.05) is 13.0 Å². The van der Waals surface area contributed by atoms with Crippen LogP contribution in [0.1, 0.15) is 33.0 Å². The van der Waals surface area contributed by atoms with Crippen LogP contribution in [-0.4, -0.2) is 37.4 Å². The van der Waals surface area contributed by atoms with E-state index in [-0.39, 0.29) is 12.5 Å². The predicted octanol–water partition coefficient (Wildman–Crippen LogP) is 1.56. The summed E-state index contributed by atoms with van der Waals surface area (Å²) in [7, 11) is 0. The first-order valence-corrected chi connectivity index (χ1v) is 7.58. The van der Waals surface area contributed by atoms with Gasteiger partial charge >= 0.3 is 0 Å². The van der Waals surface area contributed by atoms with Gasteiger partial charge < -0.3 is 15.2 Å². The Labute approximate surface area is 123 Å². The highest BCUT2D eigenvalue weighted by atomic mass is 32.1. The Bertz CT molecular complexity index is 521. The Balaban J connectivity index is 1.93. The van der Waals surface area contributed by atoms with Crippen molar-refractivity contribution in [2.24, 2.45) is 5.92 Å². The van der Waals surface area contributed by atoms with Crippen LogP contribution in [0, 0.1) is 24.7 Å². The fourth-order valence-corrected chi connectivity index (χ4v) is 2.95. The molecule has 5 heteroatoms. The van der Waals surface area contributed by atoms with Crippen molar-refractivity contribution in [2.75, 3.05) is 26.4 Å². The molecule has 1 aromatic rings. The van der Waals surface area contributed by atoms with E-state index in [0.29, 0.717) is 23.8 Å². The minimum absolute atomic E-state index is 0.0415. The molecule has 2 rings (SSSR count). The summed E-state index contributed by atoms with van der Waals surface area (Å²) in [5.74, 6) is 6.27. The molecule has 108 valence electrons. The molecule has 1 aliphatic rings. The van der Waals surface area contributed by atoms with Crippen LogP contribution in [0.15, 0.2) is 6.07 Å². The number of nitrogens with one attached hydrogen (secondary N) is 1. The van der Waals surface area contributed by atoms with Crippen molar-refractivity contribution < 1.29 is 14.6 Å². The van der Waals surface area contributed by atoms with E-state index in [1.165, 1.54) is 11.3 Å². The second kappa shape index (κ2) is 7.44. The number of carbonyl (C=O) groups excluding carboxylic acids is 1. The molecule has 1 aliphatic heterocycles. The van der Waals surface area contributed by atoms with Crippen LogP contribution in [-0.2, 0) is 4.74 Å². The van der Waals surface area contributed by atoms with Gasteiger partial charge in [-0.25, -0.2) is 0 Å². The minimum Gasteiger partial charge on any atom is -0.395 e. The summed E-state index contributed by atoms with van der Waals surface area (Å²) in [6.45, 7) is 4.21. The first kappa shape index (κ1) is 15.0. The topological polar surface area (TPSA) is 58.6 Å². The molecule has 2 N–H and O–H groups in total. The number of hydrogen-bond donors (Lipinski definition) is 2. The summed E-state index contributed by atoms with van der Waals surface area (Å²) < 4.78 is 5.29. The number of hydrogen-bond acceptors (Lipinski definition) is 4. The van der Waals surface area contributed by atoms with E-state index in [0.717, 1.165) is 30.1 Å². The summed E-state index contributed by atoms with van der Waals surface area (Å²) in [6.07, 6.45) is 1.47. The number of aryl methyl sites for hydroxylation is 1. The quantitative estimate of drug-likeness (QED) is 0.828. The largest absolute Gasteiger partial charge is 0.395 e. The molecule has 1 aromatic heterocycles. The van der Waals surface area contributed by atoms with Crippen molar-refractivity contribution in [3.63, 3.8) is 0 Å². The lowest BCUT2D eigenvalue weighted by molar-refractivity contribution is 0.0949. The van der Waals surface area contributed by atoms with Crippen LogP contribution in [0.2, 0.25) is 0 Å². The number of amides is 1. The van der Waals surface area contributed by atoms with Crippen LogP contribution in [0.25, 0.3) is 0 Å². The summed E-state index contributed by atoms with van der Waals surface area (Å²) in [4.78, 5) is 13.7. The van der Waals surface area contributed by atoms with Gasteiger partial charge in [-0.3, -0.25) is 4.79 Å². The number of ether oxygens (including phenoxy) is 1. The molecule has 1 atom stereocenters. The molecule has 0 aliphatic carbocycles. The van der Waals surface area contributed by atoms with E-state index < -0.39 is 0 Å². The lowest BCUT2D eigenvalue weighted by Crippen LogP contribution is -2.28. The summed E-state index contributed by atoms with van der Waals surface area (Å²) in [5, 5.41) is 11.7. The number of carbonyl (C=O) groups is 1. The highest BCUT2D eigenvalue weighted by molar-refractivity contribution is 7.14. The van der Waals surface area contributed by atoms with Gasteiger partial charge in [0.1, 0.15) is 0 Å². The normalized spacial score (nSPS) is 17.6. The molecule has 0 bridgehead atoms. The Hall–Kier alpha value is -1.35. The van der Waals surface area contributed by atoms with Crippen molar-refractivity contribution in [3.05, 3.63) is 21.4 Å². The molecule has 1 unspecified atom stereocenters. The first-order valence-electron chi connectivity index (χ1n) is 6.77. The van der Waals surface area contributed by atoms with Gasteiger partial charge in [0.2, 0.25) is 0 Å². The zero-order valence-electron chi connectivity index (χ0n) is 11.6. The third-order valence-electron chi connectivity index (χ3n) is 3.16. The van der Waals surface area contributed by atoms with Crippen molar-refractivity contribution in [1.29, 1.82) is 0 Å². The molecule has 0 saturated carbocycles. The van der Waals surface area contributed by atoms with Crippen molar-refractivity contribution in [2.45, 2.75) is 19.8 Å². The number of aliphatic hydroxyl groups excluding tert-OH is 1. The van der Waals surface area contributed by atoms with Crippen LogP contribution in [0.3, 0.4) is 0 Å². The maximum Gasteiger partial charge on any atom is 0.261 e. The predicted molar refractivity (Wildman–Crippen MR) is 78.9 cm³/mol. The summed E-state index contributed by atoms with van der Waals surface area (Å²) in [6, 6.07) is 1.87. The van der Waals surface area contributed by atoms with Gasteiger partial charge in [-0.2, -0.15) is 0 Å². The molecule has 0 radical (unpaired) electrons. The minimum atomic E-state index is -0.0415. The fourth-order valence-electron chi connectivity index (χ4n) is 1.99. The average molecular weight is 293 g/mol. The third-order valence-corrected chi connectivity index (χ3v) is 4.31. The van der Waals surface area contributed by atoms with Gasteiger partial charge in [0.05, 0.1) is 23.0 Å². The van der Waals surface area contributed by atoms with Crippen LogP contribution in [0.4, 0.5) is 0 Å². The van der Waals surface area contributed by atoms with E-state index in [2.05, 4.69) is 17.2 Å². The smallest absolute Gasteiger partial charge is 0.261 e. The Morgan fingerprint density at radius 3 is 3.20 bits per heavy atom. The standard InChI is InChI=1S/C15H19NO3S/c1-11-8-14(20-13(11)4-2-3-6-17)15(18)16-9-12-5-7-19-10-12/h8,12,17H,3,5-7,9-10H2,1H3,(H,16,18). The molecule has 20 heavy (non-hydrogen) atoms. The molecule has 1 amide bonds. The molecule has 0 aromatic carbocycles. The van der Waals surface area contributed by atoms with Crippen LogP contribution in [0.5, 0.6) is 0 Å². The number of thiophene rings is 1. The molecular weight excluding hydrogens is 274 g/mol. The van der Waals surface area contributed by atoms with Crippen molar-refractivity contribution in [1.82, 2.24) is 5.32 Å². The van der Waals surface area contributed by atoms with E-state index in [1.54, 1.807) is 0 Å². The molecule has 1 fully saturated rings. The maximum absolute atomic E-state index is 12.1. The number of aliphatic hydroxyl groups is 1. The molecule has 0 spiro atoms. The zero-order valence-corrected chi connectivity index (χ0v) is 12.4. The Morgan fingerprint density at radius 1 is 1.65 bits per heavy atom. The lowest BCUT2D eigenvalue weighted by atomic mass is 10.1. The second-order valence-corrected chi connectivity index (χ2v) is 5.89. The second-order valence-electron chi connectivity index (χ2n) is 4.84. The van der Waals surface area contributed by atoms with Gasteiger partial charge in [-0.1, -0.05) is 11.8 Å². The monoisotopic (exact) mass is 293 g/mol. The molecule has 1 saturated heterocycles. The lowest BCUT2D eigenvalue weighted by Gasteiger charge is -2.07. The first-order chi connectivity index (χ1) is 9.70.